The molecular formula is C22H26N2O5S. The Morgan fingerprint density at radius 1 is 1.23 bits per heavy atom. The van der Waals surface area contributed by atoms with Crippen molar-refractivity contribution in [1.29, 1.82) is 0 Å². The molecular weight excluding hydrogens is 404 g/mol. The second-order valence-electron chi connectivity index (χ2n) is 7.40. The monoisotopic (exact) mass is 430 g/mol. The Morgan fingerprint density at radius 3 is 2.60 bits per heavy atom. The molecule has 2 aromatic carbocycles. The van der Waals surface area contributed by atoms with Crippen LogP contribution < -0.4 is 10.1 Å². The van der Waals surface area contributed by atoms with Gasteiger partial charge in [0.2, 0.25) is 5.91 Å². The fraction of sp³-hybridized carbons (Fsp3) is 0.364. The second kappa shape index (κ2) is 8.87. The van der Waals surface area contributed by atoms with Crippen LogP contribution in [0.4, 0.5) is 5.69 Å². The van der Waals surface area contributed by atoms with Gasteiger partial charge in [-0.3, -0.25) is 9.59 Å². The molecule has 1 aliphatic rings. The largest absolute Gasteiger partial charge is 0.482 e. The van der Waals surface area contributed by atoms with Crippen LogP contribution in [0.15, 0.2) is 47.4 Å². The maximum atomic E-state index is 13.2. The second-order valence-corrected chi connectivity index (χ2v) is 9.74. The van der Waals surface area contributed by atoms with Gasteiger partial charge in [0.1, 0.15) is 5.75 Å². The molecule has 1 heterocycles. The molecule has 0 bridgehead atoms. The Morgan fingerprint density at radius 2 is 1.93 bits per heavy atom. The Labute approximate surface area is 177 Å². The van der Waals surface area contributed by atoms with E-state index in [4.69, 9.17) is 4.74 Å². The number of nitrogens with zero attached hydrogens (tertiary/aromatic N) is 1. The minimum Gasteiger partial charge on any atom is -0.482 e. The highest BCUT2D eigenvalue weighted by molar-refractivity contribution is 7.92. The van der Waals surface area contributed by atoms with E-state index in [1.165, 1.54) is 6.07 Å². The highest BCUT2D eigenvalue weighted by Crippen LogP contribution is 2.34. The van der Waals surface area contributed by atoms with E-state index in [0.29, 0.717) is 30.1 Å². The molecule has 2 aromatic rings. The quantitative estimate of drug-likeness (QED) is 0.729. The summed E-state index contributed by atoms with van der Waals surface area (Å²) in [6, 6.07) is 12.6. The van der Waals surface area contributed by atoms with Crippen molar-refractivity contribution in [3.8, 4) is 5.75 Å². The molecule has 8 heteroatoms. The molecule has 1 aliphatic heterocycles. The molecule has 0 fully saturated rings. The van der Waals surface area contributed by atoms with Crippen LogP contribution in [0.3, 0.4) is 0 Å². The summed E-state index contributed by atoms with van der Waals surface area (Å²) in [7, 11) is -3.77. The Kier molecular flexibility index (Phi) is 6.45. The molecule has 7 nitrogen and oxygen atoms in total. The smallest absolute Gasteiger partial charge is 0.262 e. The van der Waals surface area contributed by atoms with Crippen molar-refractivity contribution in [2.45, 2.75) is 43.9 Å². The summed E-state index contributed by atoms with van der Waals surface area (Å²) in [6.45, 7) is 5.86. The number of anilines is 1. The number of sulfone groups is 1. The molecule has 0 radical (unpaired) electrons. The number of fused-ring (bicyclic) bond motifs is 1. The van der Waals surface area contributed by atoms with Crippen LogP contribution in [0.25, 0.3) is 0 Å². The minimum absolute atomic E-state index is 0.114. The third kappa shape index (κ3) is 4.64. The minimum atomic E-state index is -3.77. The topological polar surface area (TPSA) is 92.8 Å². The van der Waals surface area contributed by atoms with Crippen LogP contribution in [0.5, 0.6) is 5.75 Å². The van der Waals surface area contributed by atoms with Gasteiger partial charge in [0.15, 0.2) is 16.4 Å². The van der Waals surface area contributed by atoms with Crippen LogP contribution in [0, 0.1) is 6.92 Å². The van der Waals surface area contributed by atoms with Crippen molar-refractivity contribution in [1.82, 2.24) is 4.90 Å². The number of hydrogen-bond donors (Lipinski definition) is 1. The van der Waals surface area contributed by atoms with Gasteiger partial charge in [0.05, 0.1) is 15.8 Å². The van der Waals surface area contributed by atoms with E-state index in [1.54, 1.807) is 24.8 Å². The van der Waals surface area contributed by atoms with E-state index in [9.17, 15) is 18.0 Å². The maximum absolute atomic E-state index is 13.2. The molecule has 0 spiro atoms. The van der Waals surface area contributed by atoms with E-state index in [0.717, 1.165) is 5.56 Å². The predicted molar refractivity (Wildman–Crippen MR) is 114 cm³/mol. The lowest BCUT2D eigenvalue weighted by Gasteiger charge is -2.24. The number of rotatable bonds is 7. The van der Waals surface area contributed by atoms with Crippen LogP contribution in [0.1, 0.15) is 31.4 Å². The molecule has 30 heavy (non-hydrogen) atoms. The number of benzene rings is 2. The van der Waals surface area contributed by atoms with E-state index in [2.05, 4.69) is 5.32 Å². The van der Waals surface area contributed by atoms with E-state index >= 15 is 0 Å². The van der Waals surface area contributed by atoms with Crippen molar-refractivity contribution in [3.63, 3.8) is 0 Å². The third-order valence-corrected chi connectivity index (χ3v) is 7.44. The first kappa shape index (κ1) is 21.8. The van der Waals surface area contributed by atoms with Gasteiger partial charge >= 0.3 is 0 Å². The Hall–Kier alpha value is -2.87. The molecule has 1 atom stereocenters. The van der Waals surface area contributed by atoms with Crippen LogP contribution in [-0.2, 0) is 26.0 Å². The lowest BCUT2D eigenvalue weighted by atomic mass is 10.2. The highest BCUT2D eigenvalue weighted by atomic mass is 32.2. The number of carbonyl (C=O) groups excluding carboxylic acids is 2. The normalized spacial score (nSPS) is 14.3. The van der Waals surface area contributed by atoms with Gasteiger partial charge in [-0.2, -0.15) is 0 Å². The van der Waals surface area contributed by atoms with Gasteiger partial charge in [-0.05, 0) is 38.0 Å². The molecule has 0 aromatic heterocycles. The predicted octanol–water partition coefficient (Wildman–Crippen LogP) is 2.93. The van der Waals surface area contributed by atoms with Gasteiger partial charge in [0.25, 0.3) is 5.91 Å². The zero-order valence-corrected chi connectivity index (χ0v) is 18.2. The summed E-state index contributed by atoms with van der Waals surface area (Å²) >= 11 is 0. The molecule has 0 saturated carbocycles. The van der Waals surface area contributed by atoms with E-state index in [-0.39, 0.29) is 29.7 Å². The number of amides is 2. The van der Waals surface area contributed by atoms with Gasteiger partial charge in [-0.15, -0.1) is 0 Å². The molecule has 3 rings (SSSR count). The van der Waals surface area contributed by atoms with Gasteiger partial charge in [-0.1, -0.05) is 30.3 Å². The first-order valence-electron chi connectivity index (χ1n) is 9.85. The van der Waals surface area contributed by atoms with Crippen molar-refractivity contribution in [2.24, 2.45) is 0 Å². The van der Waals surface area contributed by atoms with Crippen LogP contribution >= 0.6 is 0 Å². The summed E-state index contributed by atoms with van der Waals surface area (Å²) in [4.78, 5) is 26.1. The van der Waals surface area contributed by atoms with Crippen molar-refractivity contribution in [3.05, 3.63) is 53.6 Å². The molecule has 0 saturated heterocycles. The van der Waals surface area contributed by atoms with E-state index < -0.39 is 15.1 Å². The average molecular weight is 431 g/mol. The summed E-state index contributed by atoms with van der Waals surface area (Å²) in [6.07, 6.45) is -0.114. The first-order chi connectivity index (χ1) is 14.2. The molecule has 160 valence electrons. The van der Waals surface area contributed by atoms with Gasteiger partial charge in [0, 0.05) is 25.6 Å². The summed E-state index contributed by atoms with van der Waals surface area (Å²) in [5.41, 5.74) is 1.94. The lowest BCUT2D eigenvalue weighted by molar-refractivity contribution is -0.131. The zero-order valence-electron chi connectivity index (χ0n) is 17.3. The highest BCUT2D eigenvalue weighted by Gasteiger charge is 2.30. The van der Waals surface area contributed by atoms with Gasteiger partial charge < -0.3 is 15.0 Å². The SMILES string of the molecule is CCN(Cc1ccccc1)C(=O)CC(C)S(=O)(=O)c1cc2c(cc1C)NC(=O)CO2. The summed E-state index contributed by atoms with van der Waals surface area (Å²) < 4.78 is 31.7. The number of aryl methyl sites for hydroxylation is 1. The fourth-order valence-corrected chi connectivity index (χ4v) is 4.98. The zero-order chi connectivity index (χ0) is 21.9. The molecule has 2 amide bonds. The average Bonchev–Trinajstić information content (AvgIpc) is 2.71. The van der Waals surface area contributed by atoms with Crippen LogP contribution in [-0.4, -0.2) is 43.5 Å². The Bertz CT molecular complexity index is 1050. The fourth-order valence-electron chi connectivity index (χ4n) is 3.40. The van der Waals surface area contributed by atoms with E-state index in [1.807, 2.05) is 37.3 Å². The van der Waals surface area contributed by atoms with Crippen molar-refractivity contribution >= 4 is 27.3 Å². The summed E-state index contributed by atoms with van der Waals surface area (Å²) in [5, 5.41) is 1.77. The van der Waals surface area contributed by atoms with Crippen LogP contribution in [0.2, 0.25) is 0 Å². The molecule has 1 N–H and O–H groups in total. The number of ether oxygens (including phenoxy) is 1. The van der Waals surface area contributed by atoms with Crippen molar-refractivity contribution in [2.75, 3.05) is 18.5 Å². The maximum Gasteiger partial charge on any atom is 0.262 e. The standard InChI is InChI=1S/C22H26N2O5S/c1-4-24(13-17-8-6-5-7-9-17)22(26)11-16(3)30(27,28)20-12-19-18(10-15(20)2)23-21(25)14-29-19/h5-10,12,16H,4,11,13-14H2,1-3H3,(H,23,25). The number of hydrogen-bond acceptors (Lipinski definition) is 5. The first-order valence-corrected chi connectivity index (χ1v) is 11.4. The number of carbonyl (C=O) groups is 2. The third-order valence-electron chi connectivity index (χ3n) is 5.16. The number of nitrogens with one attached hydrogen (secondary N) is 1. The lowest BCUT2D eigenvalue weighted by Crippen LogP contribution is -2.34. The Balaban J connectivity index is 1.77. The summed E-state index contributed by atoms with van der Waals surface area (Å²) in [5.74, 6) is -0.178. The van der Waals surface area contributed by atoms with Crippen molar-refractivity contribution < 1.29 is 22.7 Å². The van der Waals surface area contributed by atoms with Gasteiger partial charge in [-0.25, -0.2) is 8.42 Å². The molecule has 0 aliphatic carbocycles. The molecule has 1 unspecified atom stereocenters.